The predicted molar refractivity (Wildman–Crippen MR) is 60.2 cm³/mol. The van der Waals surface area contributed by atoms with Crippen molar-refractivity contribution in [3.8, 4) is 5.82 Å². The minimum absolute atomic E-state index is 0.0207. The first-order chi connectivity index (χ1) is 8.09. The van der Waals surface area contributed by atoms with Crippen LogP contribution in [-0.4, -0.2) is 30.8 Å². The van der Waals surface area contributed by atoms with Gasteiger partial charge in [-0.15, -0.1) is 0 Å². The summed E-state index contributed by atoms with van der Waals surface area (Å²) in [5.74, 6) is -0.318. The van der Waals surface area contributed by atoms with E-state index < -0.39 is 5.97 Å². The molecule has 2 heterocycles. The van der Waals surface area contributed by atoms with Crippen molar-refractivity contribution in [2.75, 3.05) is 0 Å². The summed E-state index contributed by atoms with van der Waals surface area (Å²) in [6, 6.07) is 3.25. The van der Waals surface area contributed by atoms with Crippen molar-refractivity contribution < 1.29 is 9.90 Å². The molecule has 2 aromatic rings. The molecule has 0 aromatic carbocycles. The second kappa shape index (κ2) is 4.32. The summed E-state index contributed by atoms with van der Waals surface area (Å²) in [4.78, 5) is 18.8. The summed E-state index contributed by atoms with van der Waals surface area (Å²) >= 11 is 0. The van der Waals surface area contributed by atoms with Crippen LogP contribution in [0.3, 0.4) is 0 Å². The molecule has 6 heteroatoms. The Labute approximate surface area is 98.0 Å². The van der Waals surface area contributed by atoms with E-state index in [1.807, 2.05) is 13.8 Å². The third-order valence-electron chi connectivity index (χ3n) is 2.33. The highest BCUT2D eigenvalue weighted by Crippen LogP contribution is 2.18. The van der Waals surface area contributed by atoms with Crippen LogP contribution < -0.4 is 0 Å². The van der Waals surface area contributed by atoms with Gasteiger partial charge in [0.1, 0.15) is 6.33 Å². The Balaban J connectivity index is 2.56. The molecule has 17 heavy (non-hydrogen) atoms. The maximum absolute atomic E-state index is 10.9. The molecule has 0 aliphatic carbocycles. The monoisotopic (exact) mass is 232 g/mol. The van der Waals surface area contributed by atoms with Crippen molar-refractivity contribution in [3.63, 3.8) is 0 Å². The van der Waals surface area contributed by atoms with Crippen LogP contribution in [0.2, 0.25) is 0 Å². The van der Waals surface area contributed by atoms with Gasteiger partial charge in [0.25, 0.3) is 0 Å². The number of carbonyl (C=O) groups is 1. The van der Waals surface area contributed by atoms with E-state index in [1.54, 1.807) is 18.3 Å². The average molecular weight is 232 g/mol. The standard InChI is InChI=1S/C11H12N4O2/c1-7(2)9-5-8(11(16)17)14-15(9)10-3-4-12-6-13-10/h3-7H,1-2H3,(H,16,17). The van der Waals surface area contributed by atoms with Gasteiger partial charge in [0.05, 0.1) is 0 Å². The third kappa shape index (κ3) is 2.15. The van der Waals surface area contributed by atoms with Crippen LogP contribution in [-0.2, 0) is 0 Å². The topological polar surface area (TPSA) is 80.9 Å². The zero-order chi connectivity index (χ0) is 12.4. The van der Waals surface area contributed by atoms with Gasteiger partial charge in [0, 0.05) is 18.0 Å². The lowest BCUT2D eigenvalue weighted by Gasteiger charge is -2.07. The Morgan fingerprint density at radius 1 is 1.47 bits per heavy atom. The molecule has 0 spiro atoms. The van der Waals surface area contributed by atoms with E-state index in [-0.39, 0.29) is 11.6 Å². The van der Waals surface area contributed by atoms with Crippen molar-refractivity contribution in [1.82, 2.24) is 19.7 Å². The SMILES string of the molecule is CC(C)c1cc(C(=O)O)nn1-c1ccncn1. The van der Waals surface area contributed by atoms with Crippen LogP contribution in [0.25, 0.3) is 5.82 Å². The summed E-state index contributed by atoms with van der Waals surface area (Å²) in [5.41, 5.74) is 0.827. The molecule has 0 radical (unpaired) electrons. The summed E-state index contributed by atoms with van der Waals surface area (Å²) in [7, 11) is 0. The zero-order valence-corrected chi connectivity index (χ0v) is 9.53. The Kier molecular flexibility index (Phi) is 2.86. The summed E-state index contributed by atoms with van der Waals surface area (Å²) in [6.45, 7) is 3.95. The molecule has 0 saturated heterocycles. The Hall–Kier alpha value is -2.24. The summed E-state index contributed by atoms with van der Waals surface area (Å²) in [5, 5.41) is 13.0. The van der Waals surface area contributed by atoms with Crippen LogP contribution in [0.4, 0.5) is 0 Å². The fraction of sp³-hybridized carbons (Fsp3) is 0.273. The van der Waals surface area contributed by atoms with Crippen molar-refractivity contribution >= 4 is 5.97 Å². The highest BCUT2D eigenvalue weighted by Gasteiger charge is 2.16. The van der Waals surface area contributed by atoms with Crippen molar-refractivity contribution in [2.24, 2.45) is 0 Å². The second-order valence-electron chi connectivity index (χ2n) is 3.89. The van der Waals surface area contributed by atoms with Crippen molar-refractivity contribution in [3.05, 3.63) is 36.0 Å². The highest BCUT2D eigenvalue weighted by atomic mass is 16.4. The number of rotatable bonds is 3. The average Bonchev–Trinajstić information content (AvgIpc) is 2.75. The quantitative estimate of drug-likeness (QED) is 0.866. The van der Waals surface area contributed by atoms with Gasteiger partial charge in [0.15, 0.2) is 11.5 Å². The summed E-state index contributed by atoms with van der Waals surface area (Å²) in [6.07, 6.45) is 3.00. The zero-order valence-electron chi connectivity index (χ0n) is 9.53. The fourth-order valence-corrected chi connectivity index (χ4v) is 1.50. The predicted octanol–water partition coefficient (Wildman–Crippen LogP) is 1.48. The molecule has 0 fully saturated rings. The van der Waals surface area contributed by atoms with E-state index >= 15 is 0 Å². The minimum atomic E-state index is -1.04. The number of hydrogen-bond acceptors (Lipinski definition) is 4. The molecular weight excluding hydrogens is 220 g/mol. The van der Waals surface area contributed by atoms with E-state index in [1.165, 1.54) is 11.0 Å². The molecule has 0 bridgehead atoms. The van der Waals surface area contributed by atoms with Gasteiger partial charge >= 0.3 is 5.97 Å². The first kappa shape index (κ1) is 11.3. The fourth-order valence-electron chi connectivity index (χ4n) is 1.50. The normalized spacial score (nSPS) is 10.8. The number of aromatic carboxylic acids is 1. The Morgan fingerprint density at radius 3 is 2.76 bits per heavy atom. The molecule has 0 aliphatic heterocycles. The molecule has 1 N–H and O–H groups in total. The first-order valence-corrected chi connectivity index (χ1v) is 5.19. The van der Waals surface area contributed by atoms with Crippen LogP contribution in [0.5, 0.6) is 0 Å². The van der Waals surface area contributed by atoms with Crippen LogP contribution in [0.15, 0.2) is 24.7 Å². The maximum Gasteiger partial charge on any atom is 0.356 e. The van der Waals surface area contributed by atoms with Gasteiger partial charge < -0.3 is 5.11 Å². The molecule has 0 aliphatic rings. The molecule has 0 amide bonds. The molecule has 0 saturated carbocycles. The first-order valence-electron chi connectivity index (χ1n) is 5.19. The largest absolute Gasteiger partial charge is 0.476 e. The van der Waals surface area contributed by atoms with Crippen molar-refractivity contribution in [2.45, 2.75) is 19.8 Å². The second-order valence-corrected chi connectivity index (χ2v) is 3.89. The van der Waals surface area contributed by atoms with Gasteiger partial charge in [-0.1, -0.05) is 13.8 Å². The van der Waals surface area contributed by atoms with Gasteiger partial charge in [-0.25, -0.2) is 19.4 Å². The minimum Gasteiger partial charge on any atom is -0.476 e. The molecular formula is C11H12N4O2. The van der Waals surface area contributed by atoms with Crippen LogP contribution in [0, 0.1) is 0 Å². The number of aromatic nitrogens is 4. The van der Waals surface area contributed by atoms with E-state index in [0.717, 1.165) is 5.69 Å². The maximum atomic E-state index is 10.9. The lowest BCUT2D eigenvalue weighted by Crippen LogP contribution is -2.06. The van der Waals surface area contributed by atoms with Gasteiger partial charge in [-0.05, 0) is 12.0 Å². The smallest absolute Gasteiger partial charge is 0.356 e. The van der Waals surface area contributed by atoms with E-state index in [9.17, 15) is 4.79 Å². The molecule has 88 valence electrons. The molecule has 2 rings (SSSR count). The van der Waals surface area contributed by atoms with Gasteiger partial charge in [0.2, 0.25) is 0 Å². The number of carboxylic acids is 1. The number of hydrogen-bond donors (Lipinski definition) is 1. The lowest BCUT2D eigenvalue weighted by molar-refractivity contribution is 0.0690. The molecule has 0 atom stereocenters. The van der Waals surface area contributed by atoms with Gasteiger partial charge in [-0.2, -0.15) is 5.10 Å². The Morgan fingerprint density at radius 2 is 2.24 bits per heavy atom. The van der Waals surface area contributed by atoms with E-state index in [0.29, 0.717) is 5.82 Å². The number of carboxylic acid groups (broad SMARTS) is 1. The van der Waals surface area contributed by atoms with Crippen molar-refractivity contribution in [1.29, 1.82) is 0 Å². The van der Waals surface area contributed by atoms with Gasteiger partial charge in [-0.3, -0.25) is 0 Å². The molecule has 0 unspecified atom stereocenters. The highest BCUT2D eigenvalue weighted by molar-refractivity contribution is 5.85. The molecule has 2 aromatic heterocycles. The van der Waals surface area contributed by atoms with E-state index in [2.05, 4.69) is 15.1 Å². The summed E-state index contributed by atoms with van der Waals surface area (Å²) < 4.78 is 1.54. The van der Waals surface area contributed by atoms with Crippen LogP contribution >= 0.6 is 0 Å². The lowest BCUT2D eigenvalue weighted by atomic mass is 10.1. The van der Waals surface area contributed by atoms with Crippen LogP contribution in [0.1, 0.15) is 35.9 Å². The Bertz CT molecular complexity index is 534. The molecule has 6 nitrogen and oxygen atoms in total. The van der Waals surface area contributed by atoms with E-state index in [4.69, 9.17) is 5.11 Å². The third-order valence-corrected chi connectivity index (χ3v) is 2.33. The number of nitrogens with zero attached hydrogens (tertiary/aromatic N) is 4.